The molecule has 0 aliphatic carbocycles. The number of carbonyl (C=O) groups is 1. The van der Waals surface area contributed by atoms with Gasteiger partial charge in [-0.3, -0.25) is 4.79 Å². The van der Waals surface area contributed by atoms with Gasteiger partial charge in [-0.1, -0.05) is 29.3 Å². The quantitative estimate of drug-likeness (QED) is 0.478. The highest BCUT2D eigenvalue weighted by molar-refractivity contribution is 6.42. The fraction of sp³-hybridized carbons (Fsp3) is 0.320. The van der Waals surface area contributed by atoms with Gasteiger partial charge in [0, 0.05) is 37.5 Å². The van der Waals surface area contributed by atoms with E-state index in [0.29, 0.717) is 64.7 Å². The molecule has 0 bridgehead atoms. The monoisotopic (exact) mass is 495 g/mol. The van der Waals surface area contributed by atoms with Crippen molar-refractivity contribution in [3.8, 4) is 11.9 Å². The summed E-state index contributed by atoms with van der Waals surface area (Å²) < 4.78 is 5.82. The van der Waals surface area contributed by atoms with E-state index in [1.54, 1.807) is 31.3 Å². The van der Waals surface area contributed by atoms with E-state index in [4.69, 9.17) is 33.2 Å². The predicted octanol–water partition coefficient (Wildman–Crippen LogP) is 4.99. The van der Waals surface area contributed by atoms with Gasteiger partial charge in [0.05, 0.1) is 33.5 Å². The number of likely N-dealkylation sites (tertiary alicyclic amines) is 1. The van der Waals surface area contributed by atoms with Crippen molar-refractivity contribution in [2.75, 3.05) is 19.7 Å². The fourth-order valence-electron chi connectivity index (χ4n) is 4.26. The molecule has 0 radical (unpaired) electrons. The molecule has 3 aromatic rings. The topological polar surface area (TPSA) is 92.0 Å². The zero-order valence-electron chi connectivity index (χ0n) is 18.8. The molecule has 0 N–H and O–H groups in total. The van der Waals surface area contributed by atoms with Gasteiger partial charge >= 0.3 is 0 Å². The molecule has 34 heavy (non-hydrogen) atoms. The summed E-state index contributed by atoms with van der Waals surface area (Å²) in [6.07, 6.45) is 3.79. The Morgan fingerprint density at radius 2 is 1.97 bits per heavy atom. The smallest absolute Gasteiger partial charge is 0.257 e. The molecule has 1 aliphatic heterocycles. The van der Waals surface area contributed by atoms with E-state index in [0.717, 1.165) is 5.56 Å². The van der Waals surface area contributed by atoms with Crippen molar-refractivity contribution < 1.29 is 9.53 Å². The largest absolute Gasteiger partial charge is 0.478 e. The molecule has 3 heterocycles. The van der Waals surface area contributed by atoms with Crippen molar-refractivity contribution in [1.29, 1.82) is 5.26 Å². The van der Waals surface area contributed by atoms with Crippen LogP contribution in [0.4, 0.5) is 0 Å². The Kier molecular flexibility index (Phi) is 7.30. The van der Waals surface area contributed by atoms with Crippen molar-refractivity contribution in [2.45, 2.75) is 26.2 Å². The van der Waals surface area contributed by atoms with Crippen LogP contribution in [0.2, 0.25) is 10.0 Å². The molecule has 1 amide bonds. The minimum atomic E-state index is -0.0836. The molecule has 1 fully saturated rings. The van der Waals surface area contributed by atoms with Gasteiger partial charge in [-0.25, -0.2) is 15.0 Å². The normalized spacial score (nSPS) is 17.4. The summed E-state index contributed by atoms with van der Waals surface area (Å²) in [5, 5.41) is 9.90. The lowest BCUT2D eigenvalue weighted by molar-refractivity contribution is 0.0782. The van der Waals surface area contributed by atoms with E-state index in [1.807, 2.05) is 30.0 Å². The van der Waals surface area contributed by atoms with Crippen LogP contribution in [0.15, 0.2) is 42.7 Å². The highest BCUT2D eigenvalue weighted by atomic mass is 35.5. The first-order valence-corrected chi connectivity index (χ1v) is 11.6. The Hall–Kier alpha value is -3.21. The molecule has 4 rings (SSSR count). The maximum Gasteiger partial charge on any atom is 0.257 e. The fourth-order valence-corrected chi connectivity index (χ4v) is 4.57. The van der Waals surface area contributed by atoms with Crippen LogP contribution in [-0.4, -0.2) is 45.5 Å². The summed E-state index contributed by atoms with van der Waals surface area (Å²) >= 11 is 12.4. The number of amides is 1. The van der Waals surface area contributed by atoms with Crippen LogP contribution in [0.1, 0.15) is 45.3 Å². The van der Waals surface area contributed by atoms with E-state index in [9.17, 15) is 4.79 Å². The maximum absolute atomic E-state index is 13.3. The second-order valence-corrected chi connectivity index (χ2v) is 9.12. The number of ether oxygens (including phenoxy) is 1. The number of nitriles is 1. The van der Waals surface area contributed by atoms with Crippen LogP contribution >= 0.6 is 23.2 Å². The molecular weight excluding hydrogens is 473 g/mol. The summed E-state index contributed by atoms with van der Waals surface area (Å²) in [6.45, 7) is 5.17. The van der Waals surface area contributed by atoms with Crippen LogP contribution in [0, 0.1) is 31.1 Å². The summed E-state index contributed by atoms with van der Waals surface area (Å²) in [7, 11) is 0. The zero-order chi connectivity index (χ0) is 24.2. The van der Waals surface area contributed by atoms with Crippen LogP contribution in [0.5, 0.6) is 5.88 Å². The lowest BCUT2D eigenvalue weighted by atomic mass is 9.87. The Morgan fingerprint density at radius 1 is 1.15 bits per heavy atom. The van der Waals surface area contributed by atoms with E-state index in [2.05, 4.69) is 15.0 Å². The molecule has 2 aromatic heterocycles. The zero-order valence-corrected chi connectivity index (χ0v) is 20.3. The number of aromatic nitrogens is 3. The van der Waals surface area contributed by atoms with Gasteiger partial charge < -0.3 is 9.64 Å². The Morgan fingerprint density at radius 3 is 2.65 bits per heavy atom. The van der Waals surface area contributed by atoms with Crippen molar-refractivity contribution >= 4 is 29.1 Å². The summed E-state index contributed by atoms with van der Waals surface area (Å²) in [6, 6.07) is 11.0. The van der Waals surface area contributed by atoms with Gasteiger partial charge in [-0.2, -0.15) is 5.26 Å². The standard InChI is InChI=1S/C25H23Cl2N5O2/c1-15-20(12-29-16(2)31-15)25(33)32-13-19(7-8-34-24-6-3-17(10-28)11-30-24)21(14-32)18-4-5-22(26)23(27)9-18/h3-6,9,11-12,19,21H,7-8,13-14H2,1-2H3. The van der Waals surface area contributed by atoms with E-state index < -0.39 is 0 Å². The average molecular weight is 496 g/mol. The number of rotatable bonds is 6. The Balaban J connectivity index is 1.51. The number of hydrogen-bond acceptors (Lipinski definition) is 6. The maximum atomic E-state index is 13.3. The number of pyridine rings is 1. The van der Waals surface area contributed by atoms with Crippen LogP contribution in [0.25, 0.3) is 0 Å². The number of benzene rings is 1. The molecule has 2 atom stereocenters. The van der Waals surface area contributed by atoms with E-state index >= 15 is 0 Å². The minimum Gasteiger partial charge on any atom is -0.478 e. The number of aryl methyl sites for hydroxylation is 2. The van der Waals surface area contributed by atoms with Crippen molar-refractivity contribution in [3.05, 3.63) is 81.0 Å². The van der Waals surface area contributed by atoms with E-state index in [1.165, 1.54) is 6.20 Å². The first kappa shape index (κ1) is 23.9. The van der Waals surface area contributed by atoms with Gasteiger partial charge in [-0.05, 0) is 49.9 Å². The molecule has 174 valence electrons. The second kappa shape index (κ2) is 10.4. The number of nitrogens with zero attached hydrogens (tertiary/aromatic N) is 5. The summed E-state index contributed by atoms with van der Waals surface area (Å²) in [5.74, 6) is 1.23. The van der Waals surface area contributed by atoms with Crippen LogP contribution < -0.4 is 4.74 Å². The molecule has 7 nitrogen and oxygen atoms in total. The lowest BCUT2D eigenvalue weighted by Crippen LogP contribution is -2.30. The number of hydrogen-bond donors (Lipinski definition) is 0. The average Bonchev–Trinajstić information content (AvgIpc) is 3.25. The number of halogens is 2. The molecule has 0 spiro atoms. The highest BCUT2D eigenvalue weighted by Crippen LogP contribution is 2.38. The van der Waals surface area contributed by atoms with Gasteiger partial charge in [0.15, 0.2) is 0 Å². The molecule has 1 aliphatic rings. The molecule has 9 heteroatoms. The minimum absolute atomic E-state index is 0.0721. The van der Waals surface area contributed by atoms with E-state index in [-0.39, 0.29) is 17.7 Å². The first-order chi connectivity index (χ1) is 16.4. The first-order valence-electron chi connectivity index (χ1n) is 10.9. The highest BCUT2D eigenvalue weighted by Gasteiger charge is 2.37. The van der Waals surface area contributed by atoms with Crippen molar-refractivity contribution in [1.82, 2.24) is 19.9 Å². The second-order valence-electron chi connectivity index (χ2n) is 8.30. The third kappa shape index (κ3) is 5.30. The van der Waals surface area contributed by atoms with Crippen molar-refractivity contribution in [2.24, 2.45) is 5.92 Å². The molecular formula is C25H23Cl2N5O2. The molecule has 1 saturated heterocycles. The lowest BCUT2D eigenvalue weighted by Gasteiger charge is -2.19. The Labute approximate surface area is 208 Å². The number of carbonyl (C=O) groups excluding carboxylic acids is 1. The summed E-state index contributed by atoms with van der Waals surface area (Å²) in [4.78, 5) is 27.9. The summed E-state index contributed by atoms with van der Waals surface area (Å²) in [5.41, 5.74) is 2.69. The Bertz CT molecular complexity index is 1240. The van der Waals surface area contributed by atoms with Gasteiger partial charge in [0.25, 0.3) is 5.91 Å². The van der Waals surface area contributed by atoms with Gasteiger partial charge in [-0.15, -0.1) is 0 Å². The third-order valence-electron chi connectivity index (χ3n) is 6.03. The van der Waals surface area contributed by atoms with Gasteiger partial charge in [0.2, 0.25) is 5.88 Å². The SMILES string of the molecule is Cc1ncc(C(=O)N2CC(CCOc3ccc(C#N)cn3)C(c3ccc(Cl)c(Cl)c3)C2)c(C)n1. The predicted molar refractivity (Wildman–Crippen MR) is 129 cm³/mol. The third-order valence-corrected chi connectivity index (χ3v) is 6.77. The van der Waals surface area contributed by atoms with Crippen LogP contribution in [-0.2, 0) is 0 Å². The molecule has 0 saturated carbocycles. The van der Waals surface area contributed by atoms with Gasteiger partial charge in [0.1, 0.15) is 11.9 Å². The van der Waals surface area contributed by atoms with Crippen molar-refractivity contribution in [3.63, 3.8) is 0 Å². The van der Waals surface area contributed by atoms with Crippen LogP contribution in [0.3, 0.4) is 0 Å². The molecule has 2 unspecified atom stereocenters. The molecule has 1 aromatic carbocycles.